The summed E-state index contributed by atoms with van der Waals surface area (Å²) in [5.41, 5.74) is 2.44. The summed E-state index contributed by atoms with van der Waals surface area (Å²) in [6.07, 6.45) is 1.04. The van der Waals surface area contributed by atoms with Gasteiger partial charge in [-0.25, -0.2) is 0 Å². The Balaban J connectivity index is 2.08. The van der Waals surface area contributed by atoms with Crippen LogP contribution in [0.4, 0.5) is 0 Å². The maximum atomic E-state index is 5.44. The third-order valence-electron chi connectivity index (χ3n) is 3.64. The van der Waals surface area contributed by atoms with E-state index in [0.717, 1.165) is 30.0 Å². The van der Waals surface area contributed by atoms with Crippen molar-refractivity contribution in [1.29, 1.82) is 0 Å². The van der Waals surface area contributed by atoms with Gasteiger partial charge >= 0.3 is 0 Å². The summed E-state index contributed by atoms with van der Waals surface area (Å²) in [6.45, 7) is 2.95. The lowest BCUT2D eigenvalue weighted by atomic mass is 10.0. The van der Waals surface area contributed by atoms with Crippen molar-refractivity contribution >= 4 is 0 Å². The van der Waals surface area contributed by atoms with Crippen LogP contribution < -0.4 is 14.8 Å². The number of nitrogens with one attached hydrogen (secondary N) is 1. The van der Waals surface area contributed by atoms with Gasteiger partial charge in [-0.1, -0.05) is 43.3 Å². The van der Waals surface area contributed by atoms with Crippen LogP contribution in [0.2, 0.25) is 0 Å². The summed E-state index contributed by atoms with van der Waals surface area (Å²) in [6, 6.07) is 16.8. The Morgan fingerprint density at radius 1 is 1.00 bits per heavy atom. The molecule has 0 aliphatic heterocycles. The number of hydrogen-bond donors (Lipinski definition) is 1. The average molecular weight is 285 g/mol. The van der Waals surface area contributed by atoms with Gasteiger partial charge in [0.15, 0.2) is 0 Å². The molecule has 2 aromatic rings. The second kappa shape index (κ2) is 7.70. The standard InChI is InChI=1S/C18H23NO2/c1-4-17(14-8-6-5-7-9-14)19-13-15-10-11-16(20-2)12-18(15)21-3/h5-12,17,19H,4,13H2,1-3H3. The fourth-order valence-electron chi connectivity index (χ4n) is 2.41. The zero-order valence-corrected chi connectivity index (χ0v) is 12.9. The van der Waals surface area contributed by atoms with Crippen LogP contribution in [0, 0.1) is 0 Å². The number of methoxy groups -OCH3 is 2. The van der Waals surface area contributed by atoms with Crippen molar-refractivity contribution in [1.82, 2.24) is 5.32 Å². The lowest BCUT2D eigenvalue weighted by Crippen LogP contribution is -2.20. The predicted molar refractivity (Wildman–Crippen MR) is 85.9 cm³/mol. The zero-order chi connectivity index (χ0) is 15.1. The van der Waals surface area contributed by atoms with Gasteiger partial charge in [-0.3, -0.25) is 0 Å². The van der Waals surface area contributed by atoms with E-state index in [-0.39, 0.29) is 0 Å². The molecular formula is C18H23NO2. The van der Waals surface area contributed by atoms with Crippen LogP contribution in [0.3, 0.4) is 0 Å². The average Bonchev–Trinajstić information content (AvgIpc) is 2.56. The van der Waals surface area contributed by atoms with Gasteiger partial charge in [-0.2, -0.15) is 0 Å². The Morgan fingerprint density at radius 3 is 2.38 bits per heavy atom. The van der Waals surface area contributed by atoms with Crippen LogP contribution in [-0.4, -0.2) is 14.2 Å². The van der Waals surface area contributed by atoms with Crippen LogP contribution in [0.5, 0.6) is 11.5 Å². The summed E-state index contributed by atoms with van der Waals surface area (Å²) in [7, 11) is 3.35. The van der Waals surface area contributed by atoms with E-state index in [1.807, 2.05) is 24.3 Å². The molecule has 0 amide bonds. The molecule has 1 N–H and O–H groups in total. The second-order valence-electron chi connectivity index (χ2n) is 4.93. The number of hydrogen-bond acceptors (Lipinski definition) is 3. The van der Waals surface area contributed by atoms with Gasteiger partial charge in [0.1, 0.15) is 11.5 Å². The Hall–Kier alpha value is -2.00. The molecule has 0 aliphatic rings. The fraction of sp³-hybridized carbons (Fsp3) is 0.333. The van der Waals surface area contributed by atoms with Gasteiger partial charge in [0, 0.05) is 24.2 Å². The summed E-state index contributed by atoms with van der Waals surface area (Å²) in [5, 5.41) is 3.59. The third-order valence-corrected chi connectivity index (χ3v) is 3.64. The molecule has 0 bridgehead atoms. The number of rotatable bonds is 7. The minimum atomic E-state index is 0.345. The van der Waals surface area contributed by atoms with Gasteiger partial charge in [0.25, 0.3) is 0 Å². The maximum absolute atomic E-state index is 5.44. The molecule has 1 atom stereocenters. The SMILES string of the molecule is CCC(NCc1ccc(OC)cc1OC)c1ccccc1. The van der Waals surface area contributed by atoms with E-state index in [1.54, 1.807) is 14.2 Å². The van der Waals surface area contributed by atoms with Crippen LogP contribution in [0.25, 0.3) is 0 Å². The normalized spacial score (nSPS) is 12.0. The van der Waals surface area contributed by atoms with Gasteiger partial charge in [0.05, 0.1) is 14.2 Å². The van der Waals surface area contributed by atoms with Crippen molar-refractivity contribution in [2.45, 2.75) is 25.9 Å². The quantitative estimate of drug-likeness (QED) is 0.835. The highest BCUT2D eigenvalue weighted by atomic mass is 16.5. The van der Waals surface area contributed by atoms with E-state index < -0.39 is 0 Å². The molecule has 0 spiro atoms. The van der Waals surface area contributed by atoms with E-state index in [0.29, 0.717) is 6.04 Å². The number of ether oxygens (including phenoxy) is 2. The largest absolute Gasteiger partial charge is 0.497 e. The molecule has 2 rings (SSSR count). The first-order chi connectivity index (χ1) is 10.3. The summed E-state index contributed by atoms with van der Waals surface area (Å²) < 4.78 is 10.7. The molecule has 1 unspecified atom stereocenters. The van der Waals surface area contributed by atoms with E-state index in [1.165, 1.54) is 5.56 Å². The van der Waals surface area contributed by atoms with Crippen molar-refractivity contribution in [3.63, 3.8) is 0 Å². The smallest absolute Gasteiger partial charge is 0.127 e. The summed E-state index contributed by atoms with van der Waals surface area (Å²) in [4.78, 5) is 0. The molecule has 3 heteroatoms. The number of benzene rings is 2. The molecule has 0 saturated carbocycles. The van der Waals surface area contributed by atoms with Crippen LogP contribution in [-0.2, 0) is 6.54 Å². The lowest BCUT2D eigenvalue weighted by Gasteiger charge is -2.18. The van der Waals surface area contributed by atoms with Crippen LogP contribution >= 0.6 is 0 Å². The molecular weight excluding hydrogens is 262 g/mol. The highest BCUT2D eigenvalue weighted by Gasteiger charge is 2.10. The van der Waals surface area contributed by atoms with Crippen LogP contribution in [0.1, 0.15) is 30.5 Å². The van der Waals surface area contributed by atoms with Crippen molar-refractivity contribution in [2.75, 3.05) is 14.2 Å². The van der Waals surface area contributed by atoms with E-state index in [2.05, 4.69) is 36.5 Å². The van der Waals surface area contributed by atoms with Crippen molar-refractivity contribution in [2.24, 2.45) is 0 Å². The highest BCUT2D eigenvalue weighted by molar-refractivity contribution is 5.40. The monoisotopic (exact) mass is 285 g/mol. The minimum Gasteiger partial charge on any atom is -0.497 e. The van der Waals surface area contributed by atoms with Gasteiger partial charge in [-0.05, 0) is 18.1 Å². The molecule has 0 aliphatic carbocycles. The summed E-state index contributed by atoms with van der Waals surface area (Å²) >= 11 is 0. The van der Waals surface area contributed by atoms with Crippen molar-refractivity contribution in [3.05, 3.63) is 59.7 Å². The minimum absolute atomic E-state index is 0.345. The molecule has 0 saturated heterocycles. The molecule has 2 aromatic carbocycles. The topological polar surface area (TPSA) is 30.5 Å². The Bertz CT molecular complexity index is 554. The Kier molecular flexibility index (Phi) is 5.64. The van der Waals surface area contributed by atoms with Gasteiger partial charge in [-0.15, -0.1) is 0 Å². The third kappa shape index (κ3) is 3.99. The first-order valence-corrected chi connectivity index (χ1v) is 7.27. The van der Waals surface area contributed by atoms with E-state index >= 15 is 0 Å². The van der Waals surface area contributed by atoms with E-state index in [4.69, 9.17) is 9.47 Å². The molecule has 0 fully saturated rings. The second-order valence-corrected chi connectivity index (χ2v) is 4.93. The van der Waals surface area contributed by atoms with Gasteiger partial charge in [0.2, 0.25) is 0 Å². The molecule has 112 valence electrons. The molecule has 21 heavy (non-hydrogen) atoms. The molecule has 0 radical (unpaired) electrons. The predicted octanol–water partition coefficient (Wildman–Crippen LogP) is 3.94. The summed E-state index contributed by atoms with van der Waals surface area (Å²) in [5.74, 6) is 1.66. The zero-order valence-electron chi connectivity index (χ0n) is 12.9. The van der Waals surface area contributed by atoms with Gasteiger partial charge < -0.3 is 14.8 Å². The lowest BCUT2D eigenvalue weighted by molar-refractivity contribution is 0.388. The van der Waals surface area contributed by atoms with Crippen molar-refractivity contribution < 1.29 is 9.47 Å². The van der Waals surface area contributed by atoms with Crippen molar-refractivity contribution in [3.8, 4) is 11.5 Å². The maximum Gasteiger partial charge on any atom is 0.127 e. The highest BCUT2D eigenvalue weighted by Crippen LogP contribution is 2.25. The van der Waals surface area contributed by atoms with E-state index in [9.17, 15) is 0 Å². The molecule has 0 heterocycles. The molecule has 0 aromatic heterocycles. The first-order valence-electron chi connectivity index (χ1n) is 7.27. The first kappa shape index (κ1) is 15.4. The van der Waals surface area contributed by atoms with Crippen LogP contribution in [0.15, 0.2) is 48.5 Å². The Labute approximate surface area is 126 Å². The fourth-order valence-corrected chi connectivity index (χ4v) is 2.41. The molecule has 3 nitrogen and oxygen atoms in total. The Morgan fingerprint density at radius 2 is 1.76 bits per heavy atom.